The van der Waals surface area contributed by atoms with Crippen LogP contribution >= 0.6 is 0 Å². The number of hydrogen-bond donors (Lipinski definition) is 2. The molecule has 0 saturated carbocycles. The van der Waals surface area contributed by atoms with Crippen LogP contribution in [0.4, 0.5) is 11.4 Å². The van der Waals surface area contributed by atoms with Crippen molar-refractivity contribution in [3.05, 3.63) is 23.8 Å². The Morgan fingerprint density at radius 3 is 2.40 bits per heavy atom. The van der Waals surface area contributed by atoms with Crippen LogP contribution in [0.3, 0.4) is 0 Å². The number of carbonyl (C=O) groups excluding carboxylic acids is 1. The van der Waals surface area contributed by atoms with Gasteiger partial charge in [0.25, 0.3) is 0 Å². The van der Waals surface area contributed by atoms with Crippen molar-refractivity contribution in [2.24, 2.45) is 0 Å². The van der Waals surface area contributed by atoms with Crippen molar-refractivity contribution >= 4 is 17.3 Å². The first kappa shape index (κ1) is 18.2. The van der Waals surface area contributed by atoms with Crippen LogP contribution in [0.2, 0.25) is 0 Å². The SMILES string of the molecule is Cc1cc(N2CCCC2)ccc1NC(=O)CN1CCN(CCO)CC1. The van der Waals surface area contributed by atoms with Gasteiger partial charge in [-0.15, -0.1) is 0 Å². The maximum Gasteiger partial charge on any atom is 0.238 e. The van der Waals surface area contributed by atoms with Gasteiger partial charge >= 0.3 is 0 Å². The average Bonchev–Trinajstić information content (AvgIpc) is 3.13. The van der Waals surface area contributed by atoms with Gasteiger partial charge in [-0.3, -0.25) is 14.6 Å². The summed E-state index contributed by atoms with van der Waals surface area (Å²) < 4.78 is 0. The summed E-state index contributed by atoms with van der Waals surface area (Å²) in [4.78, 5) is 19.2. The molecule has 0 radical (unpaired) electrons. The minimum Gasteiger partial charge on any atom is -0.395 e. The number of amides is 1. The third-order valence-electron chi connectivity index (χ3n) is 5.20. The minimum atomic E-state index is 0.0487. The smallest absolute Gasteiger partial charge is 0.238 e. The number of aryl methyl sites for hydroxylation is 1. The summed E-state index contributed by atoms with van der Waals surface area (Å²) in [5.41, 5.74) is 3.28. The molecular formula is C19H30N4O2. The lowest BCUT2D eigenvalue weighted by Crippen LogP contribution is -2.49. The third-order valence-corrected chi connectivity index (χ3v) is 5.20. The molecule has 1 aromatic rings. The number of aliphatic hydroxyl groups is 1. The molecule has 0 bridgehead atoms. The first-order valence-electron chi connectivity index (χ1n) is 9.37. The van der Waals surface area contributed by atoms with E-state index in [0.717, 1.165) is 57.1 Å². The van der Waals surface area contributed by atoms with Gasteiger partial charge in [-0.05, 0) is 43.5 Å². The van der Waals surface area contributed by atoms with Crippen LogP contribution in [0.15, 0.2) is 18.2 Å². The molecule has 2 aliphatic rings. The monoisotopic (exact) mass is 346 g/mol. The number of hydrogen-bond acceptors (Lipinski definition) is 5. The molecule has 138 valence electrons. The highest BCUT2D eigenvalue weighted by Crippen LogP contribution is 2.25. The van der Waals surface area contributed by atoms with Crippen molar-refractivity contribution in [1.82, 2.24) is 9.80 Å². The predicted octanol–water partition coefficient (Wildman–Crippen LogP) is 1.14. The van der Waals surface area contributed by atoms with Crippen molar-refractivity contribution in [2.75, 3.05) is 69.2 Å². The highest BCUT2D eigenvalue weighted by Gasteiger charge is 2.19. The Morgan fingerprint density at radius 1 is 1.08 bits per heavy atom. The zero-order chi connectivity index (χ0) is 17.6. The van der Waals surface area contributed by atoms with Gasteiger partial charge in [0, 0.05) is 57.2 Å². The molecule has 2 aliphatic heterocycles. The van der Waals surface area contributed by atoms with Gasteiger partial charge < -0.3 is 15.3 Å². The topological polar surface area (TPSA) is 59.1 Å². The maximum atomic E-state index is 12.4. The molecule has 1 amide bonds. The normalized spacial score (nSPS) is 19.4. The summed E-state index contributed by atoms with van der Waals surface area (Å²) in [6.45, 7) is 9.26. The van der Waals surface area contributed by atoms with E-state index in [4.69, 9.17) is 5.11 Å². The predicted molar refractivity (Wildman–Crippen MR) is 101 cm³/mol. The van der Waals surface area contributed by atoms with Gasteiger partial charge in [0.1, 0.15) is 0 Å². The number of β-amino-alcohol motifs (C(OH)–C–C–N with tert-alkyl or cyclic N) is 1. The van der Waals surface area contributed by atoms with Crippen molar-refractivity contribution in [3.8, 4) is 0 Å². The van der Waals surface area contributed by atoms with Gasteiger partial charge in [0.15, 0.2) is 0 Å². The molecule has 2 saturated heterocycles. The zero-order valence-electron chi connectivity index (χ0n) is 15.2. The van der Waals surface area contributed by atoms with Crippen LogP contribution in [0.1, 0.15) is 18.4 Å². The van der Waals surface area contributed by atoms with E-state index in [1.807, 2.05) is 6.07 Å². The van der Waals surface area contributed by atoms with Crippen molar-refractivity contribution in [2.45, 2.75) is 19.8 Å². The van der Waals surface area contributed by atoms with E-state index in [1.165, 1.54) is 18.5 Å². The Bertz CT molecular complexity index is 579. The number of anilines is 2. The summed E-state index contributed by atoms with van der Waals surface area (Å²) in [5.74, 6) is 0.0487. The van der Waals surface area contributed by atoms with Gasteiger partial charge in [-0.2, -0.15) is 0 Å². The van der Waals surface area contributed by atoms with E-state index < -0.39 is 0 Å². The van der Waals surface area contributed by atoms with Crippen LogP contribution in [0.5, 0.6) is 0 Å². The van der Waals surface area contributed by atoms with E-state index in [9.17, 15) is 4.79 Å². The fourth-order valence-corrected chi connectivity index (χ4v) is 3.67. The second kappa shape index (κ2) is 8.65. The number of aliphatic hydroxyl groups excluding tert-OH is 1. The van der Waals surface area contributed by atoms with E-state index in [-0.39, 0.29) is 12.5 Å². The van der Waals surface area contributed by atoms with Crippen LogP contribution in [0, 0.1) is 6.92 Å². The Balaban J connectivity index is 1.49. The molecule has 2 heterocycles. The highest BCUT2D eigenvalue weighted by atomic mass is 16.3. The number of nitrogens with zero attached hydrogens (tertiary/aromatic N) is 3. The van der Waals surface area contributed by atoms with Crippen molar-refractivity contribution in [3.63, 3.8) is 0 Å². The van der Waals surface area contributed by atoms with Crippen LogP contribution in [-0.4, -0.2) is 79.8 Å². The molecule has 2 N–H and O–H groups in total. The number of carbonyl (C=O) groups is 1. The van der Waals surface area contributed by atoms with Gasteiger partial charge in [-0.1, -0.05) is 0 Å². The molecule has 0 aliphatic carbocycles. The molecule has 3 rings (SSSR count). The third kappa shape index (κ3) is 4.93. The van der Waals surface area contributed by atoms with E-state index >= 15 is 0 Å². The molecule has 25 heavy (non-hydrogen) atoms. The summed E-state index contributed by atoms with van der Waals surface area (Å²) >= 11 is 0. The van der Waals surface area contributed by atoms with Crippen molar-refractivity contribution < 1.29 is 9.90 Å². The Hall–Kier alpha value is -1.63. The summed E-state index contributed by atoms with van der Waals surface area (Å²) in [7, 11) is 0. The molecule has 6 nitrogen and oxygen atoms in total. The molecule has 2 fully saturated rings. The number of benzene rings is 1. The number of piperazine rings is 1. The highest BCUT2D eigenvalue weighted by molar-refractivity contribution is 5.93. The standard InChI is InChI=1S/C19H30N4O2/c1-16-14-17(23-6-2-3-7-23)4-5-18(16)20-19(25)15-22-10-8-21(9-11-22)12-13-24/h4-5,14,24H,2-3,6-13,15H2,1H3,(H,20,25). The molecule has 0 aromatic heterocycles. The zero-order valence-corrected chi connectivity index (χ0v) is 15.2. The van der Waals surface area contributed by atoms with Gasteiger partial charge in [0.2, 0.25) is 5.91 Å². The van der Waals surface area contributed by atoms with Gasteiger partial charge in [0.05, 0.1) is 13.2 Å². The lowest BCUT2D eigenvalue weighted by molar-refractivity contribution is -0.117. The van der Waals surface area contributed by atoms with E-state index in [2.05, 4.69) is 39.1 Å². The molecule has 0 unspecified atom stereocenters. The van der Waals surface area contributed by atoms with Gasteiger partial charge in [-0.25, -0.2) is 0 Å². The van der Waals surface area contributed by atoms with E-state index in [1.54, 1.807) is 0 Å². The molecular weight excluding hydrogens is 316 g/mol. The first-order chi connectivity index (χ1) is 12.2. The quantitative estimate of drug-likeness (QED) is 0.809. The lowest BCUT2D eigenvalue weighted by Gasteiger charge is -2.33. The van der Waals surface area contributed by atoms with Crippen LogP contribution in [-0.2, 0) is 4.79 Å². The summed E-state index contributed by atoms with van der Waals surface area (Å²) in [6.07, 6.45) is 2.53. The first-order valence-corrected chi connectivity index (χ1v) is 9.37. The minimum absolute atomic E-state index is 0.0487. The maximum absolute atomic E-state index is 12.4. The Morgan fingerprint density at radius 2 is 1.76 bits per heavy atom. The largest absolute Gasteiger partial charge is 0.395 e. The van der Waals surface area contributed by atoms with E-state index in [0.29, 0.717) is 6.54 Å². The average molecular weight is 346 g/mol. The Kier molecular flexibility index (Phi) is 6.29. The fraction of sp³-hybridized carbons (Fsp3) is 0.632. The van der Waals surface area contributed by atoms with Crippen LogP contribution < -0.4 is 10.2 Å². The molecule has 0 atom stereocenters. The summed E-state index contributed by atoms with van der Waals surface area (Å²) in [6, 6.07) is 6.32. The molecule has 1 aromatic carbocycles. The second-order valence-electron chi connectivity index (χ2n) is 7.08. The molecule has 0 spiro atoms. The number of rotatable bonds is 6. The Labute approximate surface area is 150 Å². The summed E-state index contributed by atoms with van der Waals surface area (Å²) in [5, 5.41) is 12.0. The second-order valence-corrected chi connectivity index (χ2v) is 7.08. The van der Waals surface area contributed by atoms with Crippen molar-refractivity contribution in [1.29, 1.82) is 0 Å². The van der Waals surface area contributed by atoms with Crippen LogP contribution in [0.25, 0.3) is 0 Å². The fourth-order valence-electron chi connectivity index (χ4n) is 3.67. The molecule has 6 heteroatoms. The number of nitrogens with one attached hydrogen (secondary N) is 1. The lowest BCUT2D eigenvalue weighted by atomic mass is 10.1.